The van der Waals surface area contributed by atoms with E-state index in [0.717, 1.165) is 30.2 Å². The molecular formula is C25H22N4S. The molecule has 6 rings (SSSR count). The summed E-state index contributed by atoms with van der Waals surface area (Å²) in [7, 11) is 0. The van der Waals surface area contributed by atoms with Crippen molar-refractivity contribution in [2.45, 2.75) is 39.2 Å². The van der Waals surface area contributed by atoms with Gasteiger partial charge in [-0.25, -0.2) is 0 Å². The van der Waals surface area contributed by atoms with E-state index in [-0.39, 0.29) is 0 Å². The number of nitrogens with zero attached hydrogens (tertiary/aromatic N) is 4. The third-order valence-electron chi connectivity index (χ3n) is 6.09. The fraction of sp³-hybridized carbons (Fsp3) is 0.240. The lowest BCUT2D eigenvalue weighted by molar-refractivity contribution is 0.868. The van der Waals surface area contributed by atoms with Crippen molar-refractivity contribution in [1.29, 1.82) is 0 Å². The number of aliphatic imine (C=N–C) groups is 1. The highest BCUT2D eigenvalue weighted by molar-refractivity contribution is 7.15. The first-order valence-corrected chi connectivity index (χ1v) is 11.3. The first-order valence-electron chi connectivity index (χ1n) is 10.5. The second kappa shape index (κ2) is 7.03. The van der Waals surface area contributed by atoms with Crippen molar-refractivity contribution in [2.75, 3.05) is 0 Å². The lowest BCUT2D eigenvalue weighted by atomic mass is 9.97. The van der Waals surface area contributed by atoms with Gasteiger partial charge in [0, 0.05) is 16.0 Å². The van der Waals surface area contributed by atoms with Crippen LogP contribution in [0.5, 0.6) is 0 Å². The number of hydrogen-bond acceptors (Lipinski definition) is 4. The number of thiophene rings is 1. The molecule has 0 saturated carbocycles. The molecule has 1 aliphatic heterocycles. The van der Waals surface area contributed by atoms with Gasteiger partial charge in [-0.2, -0.15) is 0 Å². The van der Waals surface area contributed by atoms with Gasteiger partial charge in [0.1, 0.15) is 17.4 Å². The van der Waals surface area contributed by atoms with Gasteiger partial charge in [-0.3, -0.25) is 9.56 Å². The number of hydrogen-bond donors (Lipinski definition) is 0. The number of rotatable bonds is 3. The summed E-state index contributed by atoms with van der Waals surface area (Å²) in [5.41, 5.74) is 7.76. The van der Waals surface area contributed by atoms with Crippen LogP contribution in [-0.2, 0) is 25.8 Å². The predicted molar refractivity (Wildman–Crippen MR) is 121 cm³/mol. The Balaban J connectivity index is 1.42. The van der Waals surface area contributed by atoms with Gasteiger partial charge in [0.25, 0.3) is 0 Å². The summed E-state index contributed by atoms with van der Waals surface area (Å²) in [6.45, 7) is 2.60. The van der Waals surface area contributed by atoms with E-state index in [9.17, 15) is 0 Å². The molecule has 5 heteroatoms. The Labute approximate surface area is 180 Å². The van der Waals surface area contributed by atoms with Crippen LogP contribution in [0.3, 0.4) is 0 Å². The average Bonchev–Trinajstić information content (AvgIpc) is 3.43. The number of benzene rings is 2. The van der Waals surface area contributed by atoms with Gasteiger partial charge >= 0.3 is 0 Å². The van der Waals surface area contributed by atoms with Crippen LogP contribution in [-0.4, -0.2) is 20.5 Å². The first-order chi connectivity index (χ1) is 14.8. The fourth-order valence-corrected chi connectivity index (χ4v) is 6.10. The van der Waals surface area contributed by atoms with E-state index >= 15 is 0 Å². The Morgan fingerprint density at radius 3 is 2.57 bits per heavy atom. The number of aromatic nitrogens is 3. The molecule has 0 saturated heterocycles. The maximum Gasteiger partial charge on any atom is 0.160 e. The Morgan fingerprint density at radius 2 is 1.73 bits per heavy atom. The third kappa shape index (κ3) is 2.84. The predicted octanol–water partition coefficient (Wildman–Crippen LogP) is 5.07. The maximum atomic E-state index is 5.05. The summed E-state index contributed by atoms with van der Waals surface area (Å²) in [5.74, 6) is 1.88. The minimum absolute atomic E-state index is 0.568. The molecule has 0 radical (unpaired) electrons. The largest absolute Gasteiger partial charge is 0.276 e. The molecule has 2 aromatic heterocycles. The Kier molecular flexibility index (Phi) is 4.16. The van der Waals surface area contributed by atoms with E-state index in [1.807, 2.05) is 18.3 Å². The molecule has 0 amide bonds. The summed E-state index contributed by atoms with van der Waals surface area (Å²) >= 11 is 1.90. The summed E-state index contributed by atoms with van der Waals surface area (Å²) in [4.78, 5) is 6.56. The lowest BCUT2D eigenvalue weighted by Gasteiger charge is -2.11. The van der Waals surface area contributed by atoms with Crippen LogP contribution < -0.4 is 0 Å². The van der Waals surface area contributed by atoms with Crippen LogP contribution >= 0.6 is 11.3 Å². The SMILES string of the molecule is Cc1nnc2n1-c1sc3c(c1C(c1ccc(Cc4ccccc4)cc1)=NC2)CCC3. The minimum Gasteiger partial charge on any atom is -0.276 e. The highest BCUT2D eigenvalue weighted by atomic mass is 32.1. The monoisotopic (exact) mass is 410 g/mol. The summed E-state index contributed by atoms with van der Waals surface area (Å²) in [6.07, 6.45) is 4.51. The normalized spacial score (nSPS) is 14.6. The molecule has 2 aromatic carbocycles. The molecule has 30 heavy (non-hydrogen) atoms. The van der Waals surface area contributed by atoms with E-state index in [1.165, 1.54) is 50.5 Å². The van der Waals surface area contributed by atoms with Crippen molar-refractivity contribution < 1.29 is 0 Å². The quantitative estimate of drug-likeness (QED) is 0.473. The number of fused-ring (bicyclic) bond motifs is 5. The van der Waals surface area contributed by atoms with Crippen LogP contribution in [0.25, 0.3) is 5.00 Å². The Hall–Kier alpha value is -3.05. The maximum absolute atomic E-state index is 5.05. The molecule has 0 atom stereocenters. The van der Waals surface area contributed by atoms with Crippen LogP contribution in [0.1, 0.15) is 50.8 Å². The molecule has 0 spiro atoms. The topological polar surface area (TPSA) is 43.1 Å². The zero-order chi connectivity index (χ0) is 20.1. The van der Waals surface area contributed by atoms with Crippen LogP contribution in [0.15, 0.2) is 59.6 Å². The van der Waals surface area contributed by atoms with Gasteiger partial charge in [-0.15, -0.1) is 21.5 Å². The van der Waals surface area contributed by atoms with Gasteiger partial charge in [0.2, 0.25) is 0 Å². The van der Waals surface area contributed by atoms with Crippen LogP contribution in [0.2, 0.25) is 0 Å². The van der Waals surface area contributed by atoms with Gasteiger partial charge in [0.15, 0.2) is 5.82 Å². The molecular weight excluding hydrogens is 388 g/mol. The van der Waals surface area contributed by atoms with Gasteiger partial charge < -0.3 is 0 Å². The van der Waals surface area contributed by atoms with Crippen LogP contribution in [0.4, 0.5) is 0 Å². The molecule has 1 aliphatic carbocycles. The van der Waals surface area contributed by atoms with E-state index in [2.05, 4.69) is 69.4 Å². The molecule has 0 N–H and O–H groups in total. The highest BCUT2D eigenvalue weighted by Gasteiger charge is 2.30. The Bertz CT molecular complexity index is 1260. The lowest BCUT2D eigenvalue weighted by Crippen LogP contribution is -2.08. The average molecular weight is 411 g/mol. The summed E-state index contributed by atoms with van der Waals surface area (Å²) < 4.78 is 2.22. The minimum atomic E-state index is 0.568. The van der Waals surface area contributed by atoms with E-state index in [4.69, 9.17) is 4.99 Å². The molecule has 4 nitrogen and oxygen atoms in total. The third-order valence-corrected chi connectivity index (χ3v) is 7.37. The molecule has 148 valence electrons. The van der Waals surface area contributed by atoms with Crippen molar-refractivity contribution in [1.82, 2.24) is 14.8 Å². The van der Waals surface area contributed by atoms with Gasteiger partial charge in [-0.05, 0) is 49.3 Å². The van der Waals surface area contributed by atoms with Crippen molar-refractivity contribution in [3.05, 3.63) is 98.9 Å². The smallest absolute Gasteiger partial charge is 0.160 e. The van der Waals surface area contributed by atoms with Crippen LogP contribution in [0, 0.1) is 6.92 Å². The zero-order valence-electron chi connectivity index (χ0n) is 16.9. The second-order valence-corrected chi connectivity index (χ2v) is 9.14. The molecule has 4 aromatic rings. The Morgan fingerprint density at radius 1 is 0.933 bits per heavy atom. The van der Waals surface area contributed by atoms with Crippen molar-refractivity contribution in [3.63, 3.8) is 0 Å². The highest BCUT2D eigenvalue weighted by Crippen LogP contribution is 2.41. The van der Waals surface area contributed by atoms with Crippen molar-refractivity contribution in [3.8, 4) is 5.00 Å². The van der Waals surface area contributed by atoms with E-state index < -0.39 is 0 Å². The second-order valence-electron chi connectivity index (χ2n) is 8.06. The zero-order valence-corrected chi connectivity index (χ0v) is 17.7. The van der Waals surface area contributed by atoms with Crippen molar-refractivity contribution >= 4 is 17.0 Å². The standard InChI is InChI=1S/C25H22N4S/c1-16-27-28-22-15-26-24(23-20-8-5-9-21(20)30-25(23)29(16)22)19-12-10-18(11-13-19)14-17-6-3-2-4-7-17/h2-4,6-7,10-13H,5,8-9,14-15H2,1H3. The fourth-order valence-electron chi connectivity index (χ4n) is 4.64. The van der Waals surface area contributed by atoms with Gasteiger partial charge in [0.05, 0.1) is 5.71 Å². The number of aryl methyl sites for hydroxylation is 2. The van der Waals surface area contributed by atoms with Crippen molar-refractivity contribution in [2.24, 2.45) is 4.99 Å². The van der Waals surface area contributed by atoms with E-state index in [1.54, 1.807) is 0 Å². The molecule has 0 bridgehead atoms. The molecule has 3 heterocycles. The van der Waals surface area contributed by atoms with E-state index in [0.29, 0.717) is 6.54 Å². The molecule has 2 aliphatic rings. The molecule has 0 fully saturated rings. The molecule has 0 unspecified atom stereocenters. The first kappa shape index (κ1) is 17.8. The van der Waals surface area contributed by atoms with Gasteiger partial charge in [-0.1, -0.05) is 54.6 Å². The summed E-state index contributed by atoms with van der Waals surface area (Å²) in [6, 6.07) is 19.6. The summed E-state index contributed by atoms with van der Waals surface area (Å²) in [5, 5.41) is 9.97.